The topological polar surface area (TPSA) is 77.1 Å². The van der Waals surface area contributed by atoms with Crippen LogP contribution in [0.1, 0.15) is 26.3 Å². The van der Waals surface area contributed by atoms with Gasteiger partial charge >= 0.3 is 0 Å². The van der Waals surface area contributed by atoms with Crippen molar-refractivity contribution in [2.75, 3.05) is 32.2 Å². The second-order valence-electron chi connectivity index (χ2n) is 7.28. The van der Waals surface area contributed by atoms with E-state index in [9.17, 15) is 9.59 Å². The average molecular weight is 424 g/mol. The summed E-state index contributed by atoms with van der Waals surface area (Å²) in [4.78, 5) is 27.4. The molecule has 1 aliphatic heterocycles. The maximum atomic E-state index is 13.1. The molecule has 1 aliphatic rings. The Morgan fingerprint density at radius 2 is 1.58 bits per heavy atom. The quantitative estimate of drug-likeness (QED) is 0.586. The van der Waals surface area contributed by atoms with Crippen LogP contribution in [0.25, 0.3) is 5.57 Å². The summed E-state index contributed by atoms with van der Waals surface area (Å²) < 4.78 is 16.2. The van der Waals surface area contributed by atoms with Gasteiger partial charge in [-0.05, 0) is 62.7 Å². The molecule has 0 aliphatic carbocycles. The summed E-state index contributed by atoms with van der Waals surface area (Å²) >= 11 is 0. The zero-order valence-corrected chi connectivity index (χ0v) is 18.3. The first-order chi connectivity index (χ1) is 14.9. The highest BCUT2D eigenvalue weighted by Crippen LogP contribution is 2.31. The highest BCUT2D eigenvalue weighted by Gasteiger charge is 2.39. The third-order valence-corrected chi connectivity index (χ3v) is 4.64. The molecule has 0 radical (unpaired) electrons. The summed E-state index contributed by atoms with van der Waals surface area (Å²) in [5.74, 6) is 0.703. The van der Waals surface area contributed by atoms with Crippen LogP contribution in [-0.4, -0.2) is 49.7 Å². The minimum absolute atomic E-state index is 0.0659. The number of carbonyl (C=O) groups is 2. The van der Waals surface area contributed by atoms with Crippen LogP contribution >= 0.6 is 0 Å². The largest absolute Gasteiger partial charge is 0.494 e. The van der Waals surface area contributed by atoms with E-state index < -0.39 is 0 Å². The summed E-state index contributed by atoms with van der Waals surface area (Å²) in [5.41, 5.74) is 1.89. The lowest BCUT2D eigenvalue weighted by Crippen LogP contribution is -2.35. The highest BCUT2D eigenvalue weighted by molar-refractivity contribution is 6.36. The molecule has 1 heterocycles. The number of benzene rings is 2. The van der Waals surface area contributed by atoms with Crippen LogP contribution in [0.15, 0.2) is 54.2 Å². The third-order valence-electron chi connectivity index (χ3n) is 4.64. The van der Waals surface area contributed by atoms with Crippen LogP contribution in [0.2, 0.25) is 0 Å². The summed E-state index contributed by atoms with van der Waals surface area (Å²) in [6.45, 7) is 6.81. The van der Waals surface area contributed by atoms with Crippen molar-refractivity contribution in [1.29, 1.82) is 0 Å². The Hall–Kier alpha value is -3.32. The molecule has 2 amide bonds. The predicted molar refractivity (Wildman–Crippen MR) is 119 cm³/mol. The van der Waals surface area contributed by atoms with Crippen LogP contribution in [0, 0.1) is 0 Å². The van der Waals surface area contributed by atoms with Gasteiger partial charge in [0.25, 0.3) is 11.8 Å². The van der Waals surface area contributed by atoms with Crippen molar-refractivity contribution in [1.82, 2.24) is 4.90 Å². The van der Waals surface area contributed by atoms with Gasteiger partial charge in [0.2, 0.25) is 0 Å². The van der Waals surface area contributed by atoms with Crippen LogP contribution in [0.5, 0.6) is 11.5 Å². The summed E-state index contributed by atoms with van der Waals surface area (Å²) in [7, 11) is 1.53. The fourth-order valence-corrected chi connectivity index (χ4v) is 3.26. The second-order valence-corrected chi connectivity index (χ2v) is 7.28. The molecule has 0 saturated carbocycles. The van der Waals surface area contributed by atoms with Gasteiger partial charge < -0.3 is 19.5 Å². The second kappa shape index (κ2) is 10.1. The van der Waals surface area contributed by atoms with Gasteiger partial charge in [-0.3, -0.25) is 14.5 Å². The fraction of sp³-hybridized carbons (Fsp3) is 0.333. The summed E-state index contributed by atoms with van der Waals surface area (Å²) in [6, 6.07) is 14.4. The molecule has 0 saturated heterocycles. The van der Waals surface area contributed by atoms with Gasteiger partial charge in [-0.15, -0.1) is 0 Å². The van der Waals surface area contributed by atoms with E-state index in [1.54, 1.807) is 24.3 Å². The number of anilines is 1. The molecule has 2 aromatic carbocycles. The number of ether oxygens (including phenoxy) is 3. The van der Waals surface area contributed by atoms with E-state index in [0.717, 1.165) is 5.75 Å². The van der Waals surface area contributed by atoms with Gasteiger partial charge in [0.1, 0.15) is 17.2 Å². The molecular formula is C24H28N2O5. The monoisotopic (exact) mass is 424 g/mol. The molecule has 0 unspecified atom stereocenters. The Bertz CT molecular complexity index is 949. The van der Waals surface area contributed by atoms with Gasteiger partial charge in [-0.1, -0.05) is 12.1 Å². The number of carbonyl (C=O) groups excluding carboxylic acids is 2. The molecule has 0 atom stereocenters. The highest BCUT2D eigenvalue weighted by atomic mass is 16.5. The molecule has 7 nitrogen and oxygen atoms in total. The standard InChI is InChI=1S/C24H28N2O5/c1-5-30-19-10-6-17(7-11-19)21-22(24(28)26(23(21)27)14-15-29-4)25-18-8-12-20(13-9-18)31-16(2)3/h6-13,16,25H,5,14-15H2,1-4H3. The molecule has 2 aromatic rings. The van der Waals surface area contributed by atoms with Crippen LogP contribution in [0.4, 0.5) is 5.69 Å². The number of methoxy groups -OCH3 is 1. The normalized spacial score (nSPS) is 13.9. The Morgan fingerprint density at radius 1 is 0.935 bits per heavy atom. The first kappa shape index (κ1) is 22.4. The lowest BCUT2D eigenvalue weighted by molar-refractivity contribution is -0.137. The molecule has 0 aromatic heterocycles. The maximum absolute atomic E-state index is 13.1. The smallest absolute Gasteiger partial charge is 0.278 e. The van der Waals surface area contributed by atoms with Crippen molar-refractivity contribution in [2.24, 2.45) is 0 Å². The maximum Gasteiger partial charge on any atom is 0.278 e. The first-order valence-electron chi connectivity index (χ1n) is 10.3. The summed E-state index contributed by atoms with van der Waals surface area (Å²) in [5, 5.41) is 3.14. The molecule has 0 bridgehead atoms. The van der Waals surface area contributed by atoms with Gasteiger partial charge in [0.15, 0.2) is 0 Å². The minimum Gasteiger partial charge on any atom is -0.494 e. The van der Waals surface area contributed by atoms with Crippen molar-refractivity contribution < 1.29 is 23.8 Å². The number of hydrogen-bond donors (Lipinski definition) is 1. The zero-order valence-electron chi connectivity index (χ0n) is 18.3. The van der Waals surface area contributed by atoms with Crippen molar-refractivity contribution in [3.8, 4) is 11.5 Å². The van der Waals surface area contributed by atoms with E-state index in [0.29, 0.717) is 29.2 Å². The van der Waals surface area contributed by atoms with E-state index >= 15 is 0 Å². The van der Waals surface area contributed by atoms with Gasteiger partial charge in [-0.25, -0.2) is 0 Å². The van der Waals surface area contributed by atoms with Gasteiger partial charge in [0.05, 0.1) is 31.4 Å². The van der Waals surface area contributed by atoms with Crippen LogP contribution in [-0.2, 0) is 14.3 Å². The fourth-order valence-electron chi connectivity index (χ4n) is 3.26. The molecular weight excluding hydrogens is 396 g/mol. The number of nitrogens with one attached hydrogen (secondary N) is 1. The number of nitrogens with zero attached hydrogens (tertiary/aromatic N) is 1. The molecule has 3 rings (SSSR count). The van der Waals surface area contributed by atoms with Crippen molar-refractivity contribution >= 4 is 23.1 Å². The number of imide groups is 1. The van der Waals surface area contributed by atoms with Crippen LogP contribution in [0.3, 0.4) is 0 Å². The molecule has 1 N–H and O–H groups in total. The van der Waals surface area contributed by atoms with Gasteiger partial charge in [-0.2, -0.15) is 0 Å². The Kier molecular flexibility index (Phi) is 7.31. The third kappa shape index (κ3) is 5.24. The average Bonchev–Trinajstić information content (AvgIpc) is 2.98. The Morgan fingerprint density at radius 3 is 2.16 bits per heavy atom. The van der Waals surface area contributed by atoms with Crippen molar-refractivity contribution in [2.45, 2.75) is 26.9 Å². The first-order valence-corrected chi connectivity index (χ1v) is 10.3. The van der Waals surface area contributed by atoms with Crippen LogP contribution < -0.4 is 14.8 Å². The van der Waals surface area contributed by atoms with E-state index in [1.165, 1.54) is 12.0 Å². The SMILES string of the molecule is CCOc1ccc(C2=C(Nc3ccc(OC(C)C)cc3)C(=O)N(CCOC)C2=O)cc1. The molecule has 0 fully saturated rings. The lowest BCUT2D eigenvalue weighted by atomic mass is 10.0. The Balaban J connectivity index is 1.93. The van der Waals surface area contributed by atoms with Gasteiger partial charge in [0, 0.05) is 12.8 Å². The summed E-state index contributed by atoms with van der Waals surface area (Å²) in [6.07, 6.45) is 0.0659. The minimum atomic E-state index is -0.381. The zero-order chi connectivity index (χ0) is 22.4. The molecule has 164 valence electrons. The lowest BCUT2D eigenvalue weighted by Gasteiger charge is -2.14. The number of rotatable bonds is 10. The van der Waals surface area contributed by atoms with Crippen molar-refractivity contribution in [3.63, 3.8) is 0 Å². The van der Waals surface area contributed by atoms with E-state index in [-0.39, 0.29) is 36.8 Å². The van der Waals surface area contributed by atoms with E-state index in [2.05, 4.69) is 5.32 Å². The Labute approximate surface area is 182 Å². The number of amides is 2. The van der Waals surface area contributed by atoms with E-state index in [1.807, 2.05) is 45.0 Å². The molecule has 0 spiro atoms. The molecule has 31 heavy (non-hydrogen) atoms. The molecule has 7 heteroatoms. The predicted octanol–water partition coefficient (Wildman–Crippen LogP) is 3.71. The van der Waals surface area contributed by atoms with E-state index in [4.69, 9.17) is 14.2 Å². The number of hydrogen-bond acceptors (Lipinski definition) is 6. The van der Waals surface area contributed by atoms with Crippen molar-refractivity contribution in [3.05, 3.63) is 59.8 Å².